The van der Waals surface area contributed by atoms with Gasteiger partial charge in [-0.25, -0.2) is 9.18 Å². The van der Waals surface area contributed by atoms with Crippen molar-refractivity contribution in [2.45, 2.75) is 57.0 Å². The lowest BCUT2D eigenvalue weighted by molar-refractivity contribution is 0.164. The van der Waals surface area contributed by atoms with E-state index in [9.17, 15) is 9.59 Å². The van der Waals surface area contributed by atoms with Crippen LogP contribution in [-0.4, -0.2) is 46.4 Å². The molecule has 2 aromatic rings. The highest BCUT2D eigenvalue weighted by atomic mass is 19.1. The van der Waals surface area contributed by atoms with Crippen molar-refractivity contribution < 1.29 is 4.39 Å². The molecule has 1 unspecified atom stereocenters. The first kappa shape index (κ1) is 21.0. The molecular weight excluding hydrogens is 411 g/mol. The highest BCUT2D eigenvalue weighted by Crippen LogP contribution is 2.51. The summed E-state index contributed by atoms with van der Waals surface area (Å²) in [5.74, 6) is 5.67. The number of rotatable bonds is 6. The first-order chi connectivity index (χ1) is 15.3. The van der Waals surface area contributed by atoms with Crippen LogP contribution in [0.25, 0.3) is 10.9 Å². The normalized spacial score (nSPS) is 22.0. The number of nitrogens with two attached hydrogens (primary N) is 1. The zero-order valence-electron chi connectivity index (χ0n) is 18.6. The number of benzene rings is 1. The Morgan fingerprint density at radius 2 is 2.03 bits per heavy atom. The number of aromatic nitrogens is 2. The first-order valence-corrected chi connectivity index (χ1v) is 11.4. The highest BCUT2D eigenvalue weighted by Gasteiger charge is 2.54. The Morgan fingerprint density at radius 3 is 2.66 bits per heavy atom. The van der Waals surface area contributed by atoms with Gasteiger partial charge in [0.1, 0.15) is 5.82 Å². The number of anilines is 1. The average molecular weight is 441 g/mol. The van der Waals surface area contributed by atoms with E-state index in [1.807, 2.05) is 0 Å². The van der Waals surface area contributed by atoms with Crippen LogP contribution in [0.4, 0.5) is 10.1 Å². The van der Waals surface area contributed by atoms with Crippen LogP contribution in [0.2, 0.25) is 0 Å². The van der Waals surface area contributed by atoms with Crippen molar-refractivity contribution in [1.29, 1.82) is 5.26 Å². The van der Waals surface area contributed by atoms with Crippen molar-refractivity contribution in [2.75, 3.05) is 37.4 Å². The van der Waals surface area contributed by atoms with Gasteiger partial charge in [-0.2, -0.15) is 9.94 Å². The topological polar surface area (TPSA) is 100 Å². The number of fused-ring (bicyclic) bond motifs is 1. The van der Waals surface area contributed by atoms with E-state index in [4.69, 9.17) is 11.1 Å². The molecule has 5 rings (SSSR count). The number of halogens is 1. The van der Waals surface area contributed by atoms with Gasteiger partial charge in [-0.15, -0.1) is 0 Å². The van der Waals surface area contributed by atoms with Crippen molar-refractivity contribution in [3.63, 3.8) is 0 Å². The summed E-state index contributed by atoms with van der Waals surface area (Å²) in [6.45, 7) is 4.00. The van der Waals surface area contributed by atoms with Crippen LogP contribution in [-0.2, 0) is 0 Å². The van der Waals surface area contributed by atoms with E-state index in [1.165, 1.54) is 6.07 Å². The molecule has 0 bridgehead atoms. The SMILES string of the molecule is Cc1c(N2CCC(C3(N(C)CCC#N)CC3)C2)c(F)cc2c(=O)n(N)c(=O)n(C3CC3)c12. The summed E-state index contributed by atoms with van der Waals surface area (Å²) >= 11 is 0. The summed E-state index contributed by atoms with van der Waals surface area (Å²) in [5.41, 5.74) is 0.516. The zero-order valence-corrected chi connectivity index (χ0v) is 18.6. The molecule has 170 valence electrons. The van der Waals surface area contributed by atoms with E-state index < -0.39 is 17.1 Å². The number of hydrogen-bond donors (Lipinski definition) is 1. The molecule has 3 fully saturated rings. The van der Waals surface area contributed by atoms with Crippen LogP contribution in [0.1, 0.15) is 50.1 Å². The van der Waals surface area contributed by atoms with Crippen molar-refractivity contribution in [3.8, 4) is 6.07 Å². The number of nitrogen functional groups attached to an aromatic ring is 1. The fourth-order valence-electron chi connectivity index (χ4n) is 5.79. The lowest BCUT2D eigenvalue weighted by Crippen LogP contribution is -2.45. The summed E-state index contributed by atoms with van der Waals surface area (Å²) in [7, 11) is 2.08. The van der Waals surface area contributed by atoms with E-state index in [2.05, 4.69) is 22.9 Å². The maximum absolute atomic E-state index is 15.4. The fraction of sp³-hybridized carbons (Fsp3) is 0.609. The van der Waals surface area contributed by atoms with Crippen LogP contribution in [0.3, 0.4) is 0 Å². The Balaban J connectivity index is 1.54. The third kappa shape index (κ3) is 3.04. The molecule has 1 atom stereocenters. The Morgan fingerprint density at radius 1 is 1.31 bits per heavy atom. The quantitative estimate of drug-likeness (QED) is 0.689. The van der Waals surface area contributed by atoms with Gasteiger partial charge in [-0.3, -0.25) is 14.3 Å². The molecule has 0 amide bonds. The molecule has 2 saturated carbocycles. The molecule has 1 aromatic heterocycles. The van der Waals surface area contributed by atoms with Gasteiger partial charge in [0.25, 0.3) is 5.56 Å². The van der Waals surface area contributed by atoms with Crippen LogP contribution in [0, 0.1) is 30.0 Å². The Hall–Kier alpha value is -2.86. The van der Waals surface area contributed by atoms with Gasteiger partial charge >= 0.3 is 5.69 Å². The van der Waals surface area contributed by atoms with Crippen molar-refractivity contribution in [3.05, 3.63) is 38.3 Å². The predicted molar refractivity (Wildman–Crippen MR) is 121 cm³/mol. The minimum Gasteiger partial charge on any atom is -0.369 e. The van der Waals surface area contributed by atoms with Crippen LogP contribution < -0.4 is 22.0 Å². The predicted octanol–water partition coefficient (Wildman–Crippen LogP) is 1.86. The van der Waals surface area contributed by atoms with Gasteiger partial charge < -0.3 is 10.7 Å². The molecule has 1 aromatic carbocycles. The monoisotopic (exact) mass is 440 g/mol. The maximum Gasteiger partial charge on any atom is 0.350 e. The molecule has 1 saturated heterocycles. The average Bonchev–Trinajstić information content (AvgIpc) is 3.70. The van der Waals surface area contributed by atoms with E-state index in [1.54, 1.807) is 11.5 Å². The molecule has 8 nitrogen and oxygen atoms in total. The third-order valence-electron chi connectivity index (χ3n) is 7.82. The third-order valence-corrected chi connectivity index (χ3v) is 7.82. The lowest BCUT2D eigenvalue weighted by atomic mass is 9.94. The summed E-state index contributed by atoms with van der Waals surface area (Å²) in [6.07, 6.45) is 5.36. The molecule has 0 spiro atoms. The Kier molecular flexibility index (Phi) is 4.82. The second kappa shape index (κ2) is 7.34. The van der Waals surface area contributed by atoms with Gasteiger partial charge in [0.15, 0.2) is 0 Å². The van der Waals surface area contributed by atoms with Gasteiger partial charge in [0.2, 0.25) is 0 Å². The van der Waals surface area contributed by atoms with Gasteiger partial charge in [0.05, 0.1) is 22.7 Å². The standard InChI is InChI=1S/C23H29FN6O2/c1-14-19-17(21(31)30(26)22(32)29(19)16-4-5-16)12-18(24)20(14)28-11-6-15(13-28)23(7-8-23)27(2)10-3-9-25/h12,15-16H,3-8,10-11,13,26H2,1-2H3. The molecule has 1 aliphatic heterocycles. The van der Waals surface area contributed by atoms with Crippen LogP contribution in [0.15, 0.2) is 15.7 Å². The molecule has 32 heavy (non-hydrogen) atoms. The number of nitrogens with zero attached hydrogens (tertiary/aromatic N) is 5. The van der Waals surface area contributed by atoms with Crippen LogP contribution in [0.5, 0.6) is 0 Å². The zero-order chi connectivity index (χ0) is 22.8. The second-order valence-corrected chi connectivity index (χ2v) is 9.65. The summed E-state index contributed by atoms with van der Waals surface area (Å²) < 4.78 is 17.6. The fourth-order valence-corrected chi connectivity index (χ4v) is 5.79. The smallest absolute Gasteiger partial charge is 0.350 e. The van der Waals surface area contributed by atoms with Gasteiger partial charge in [0, 0.05) is 43.2 Å². The van der Waals surface area contributed by atoms with E-state index in [-0.39, 0.29) is 17.0 Å². The van der Waals surface area contributed by atoms with Crippen molar-refractivity contribution >= 4 is 16.6 Å². The Bertz CT molecular complexity index is 1250. The van der Waals surface area contributed by atoms with E-state index >= 15 is 4.39 Å². The number of hydrogen-bond acceptors (Lipinski definition) is 6. The number of aryl methyl sites for hydroxylation is 1. The summed E-state index contributed by atoms with van der Waals surface area (Å²) in [6, 6.07) is 3.48. The lowest BCUT2D eigenvalue weighted by Gasteiger charge is -2.33. The second-order valence-electron chi connectivity index (χ2n) is 9.65. The first-order valence-electron chi connectivity index (χ1n) is 11.4. The van der Waals surface area contributed by atoms with Gasteiger partial charge in [-0.1, -0.05) is 0 Å². The molecular formula is C23H29FN6O2. The molecule has 0 radical (unpaired) electrons. The number of nitriles is 1. The van der Waals surface area contributed by atoms with Crippen LogP contribution >= 0.6 is 0 Å². The van der Waals surface area contributed by atoms with E-state index in [0.717, 1.165) is 51.7 Å². The molecule has 3 aliphatic rings. The van der Waals surface area contributed by atoms with Crippen molar-refractivity contribution in [2.24, 2.45) is 5.92 Å². The van der Waals surface area contributed by atoms with Crippen molar-refractivity contribution in [1.82, 2.24) is 14.1 Å². The minimum atomic E-state index is -0.661. The molecule has 2 aliphatic carbocycles. The molecule has 2 N–H and O–H groups in total. The minimum absolute atomic E-state index is 0.00672. The molecule has 2 heterocycles. The highest BCUT2D eigenvalue weighted by molar-refractivity contribution is 5.87. The van der Waals surface area contributed by atoms with Gasteiger partial charge in [-0.05, 0) is 58.1 Å². The van der Waals surface area contributed by atoms with E-state index in [0.29, 0.717) is 33.8 Å². The summed E-state index contributed by atoms with van der Waals surface area (Å²) in [5, 5.41) is 9.10. The largest absolute Gasteiger partial charge is 0.369 e. The maximum atomic E-state index is 15.4. The molecule has 9 heteroatoms. The Labute approximate surface area is 185 Å². The summed E-state index contributed by atoms with van der Waals surface area (Å²) in [4.78, 5) is 29.8.